The quantitative estimate of drug-likeness (QED) is 0.576. The smallest absolute Gasteiger partial charge is 0.0478 e. The molecule has 1 aromatic rings. The van der Waals surface area contributed by atoms with Crippen LogP contribution < -0.4 is 5.32 Å². The molecule has 0 heterocycles. The van der Waals surface area contributed by atoms with Crippen LogP contribution in [-0.2, 0) is 0 Å². The fourth-order valence-electron chi connectivity index (χ4n) is 1.08. The van der Waals surface area contributed by atoms with E-state index in [0.717, 1.165) is 18.1 Å². The van der Waals surface area contributed by atoms with Gasteiger partial charge in [0.1, 0.15) is 0 Å². The third kappa shape index (κ3) is 3.53. The van der Waals surface area contributed by atoms with Crippen molar-refractivity contribution in [1.29, 1.82) is 0 Å². The minimum atomic E-state index is 0.922. The Morgan fingerprint density at radius 1 is 1.38 bits per heavy atom. The zero-order chi connectivity index (χ0) is 9.52. The lowest BCUT2D eigenvalue weighted by Gasteiger charge is -2.08. The average molecular weight is 213 g/mol. The number of nitrogens with one attached hydrogen (secondary N) is 1. The van der Waals surface area contributed by atoms with Crippen LogP contribution in [-0.4, -0.2) is 18.1 Å². The molecular weight excluding hydrogens is 198 g/mol. The van der Waals surface area contributed by atoms with Crippen molar-refractivity contribution in [3.63, 3.8) is 0 Å². The number of rotatable bonds is 5. The first kappa shape index (κ1) is 10.8. The predicted molar refractivity (Wildman–Crippen MR) is 65.2 cm³/mol. The zero-order valence-corrected chi connectivity index (χ0v) is 9.50. The molecule has 0 aliphatic carbocycles. The number of para-hydroxylation sites is 1. The fourth-order valence-corrected chi connectivity index (χ4v) is 2.14. The van der Waals surface area contributed by atoms with Crippen molar-refractivity contribution in [3.05, 3.63) is 24.3 Å². The van der Waals surface area contributed by atoms with Crippen LogP contribution >= 0.6 is 24.4 Å². The molecule has 1 aromatic carbocycles. The van der Waals surface area contributed by atoms with Crippen LogP contribution in [0.3, 0.4) is 0 Å². The number of thiol groups is 1. The molecule has 0 atom stereocenters. The van der Waals surface area contributed by atoms with E-state index in [0.29, 0.717) is 0 Å². The van der Waals surface area contributed by atoms with Crippen LogP contribution in [0.4, 0.5) is 5.69 Å². The molecule has 0 radical (unpaired) electrons. The normalized spacial score (nSPS) is 10.0. The van der Waals surface area contributed by atoms with Gasteiger partial charge in [-0.1, -0.05) is 12.1 Å². The van der Waals surface area contributed by atoms with E-state index in [4.69, 9.17) is 0 Å². The lowest BCUT2D eigenvalue weighted by molar-refractivity contribution is 1.19. The van der Waals surface area contributed by atoms with Gasteiger partial charge >= 0.3 is 0 Å². The molecule has 0 unspecified atom stereocenters. The van der Waals surface area contributed by atoms with E-state index in [2.05, 4.69) is 49.1 Å². The molecule has 0 saturated carbocycles. The zero-order valence-electron chi connectivity index (χ0n) is 7.79. The Bertz CT molecular complexity index is 250. The molecule has 0 aliphatic heterocycles. The summed E-state index contributed by atoms with van der Waals surface area (Å²) in [5.74, 6) is 1.98. The number of thioether (sulfide) groups is 1. The Labute approximate surface area is 89.7 Å². The summed E-state index contributed by atoms with van der Waals surface area (Å²) >= 11 is 6.04. The van der Waals surface area contributed by atoms with E-state index in [9.17, 15) is 0 Å². The molecule has 0 aliphatic rings. The van der Waals surface area contributed by atoms with Gasteiger partial charge in [-0.15, -0.1) is 11.8 Å². The van der Waals surface area contributed by atoms with Gasteiger partial charge in [0.2, 0.25) is 0 Å². The third-order valence-corrected chi connectivity index (χ3v) is 3.20. The highest BCUT2D eigenvalue weighted by Crippen LogP contribution is 2.26. The van der Waals surface area contributed by atoms with E-state index >= 15 is 0 Å². The van der Waals surface area contributed by atoms with Crippen molar-refractivity contribution in [2.45, 2.75) is 11.8 Å². The summed E-state index contributed by atoms with van der Waals surface area (Å²) < 4.78 is 0. The topological polar surface area (TPSA) is 12.0 Å². The predicted octanol–water partition coefficient (Wildman–Crippen LogP) is 3.14. The highest BCUT2D eigenvalue weighted by Gasteiger charge is 1.99. The second kappa shape index (κ2) is 6.22. The largest absolute Gasteiger partial charge is 0.384 e. The van der Waals surface area contributed by atoms with Crippen LogP contribution in [0.25, 0.3) is 0 Å². The summed E-state index contributed by atoms with van der Waals surface area (Å²) in [5.41, 5.74) is 1.23. The summed E-state index contributed by atoms with van der Waals surface area (Å²) in [6.07, 6.45) is 0. The second-order valence-corrected chi connectivity index (χ2v) is 4.18. The number of hydrogen-bond donors (Lipinski definition) is 2. The summed E-state index contributed by atoms with van der Waals surface area (Å²) in [4.78, 5) is 1.32. The summed E-state index contributed by atoms with van der Waals surface area (Å²) in [6, 6.07) is 8.39. The molecule has 0 fully saturated rings. The van der Waals surface area contributed by atoms with E-state index in [1.165, 1.54) is 10.6 Å². The van der Waals surface area contributed by atoms with Crippen molar-refractivity contribution >= 4 is 30.1 Å². The van der Waals surface area contributed by atoms with Gasteiger partial charge in [-0.3, -0.25) is 0 Å². The second-order valence-electron chi connectivity index (χ2n) is 2.60. The standard InChI is InChI=1S/C10H15NS2/c1-2-11-9-5-3-4-6-10(9)13-8-7-12/h3-6,11-12H,2,7-8H2,1H3. The van der Waals surface area contributed by atoms with Crippen LogP contribution in [0.1, 0.15) is 6.92 Å². The van der Waals surface area contributed by atoms with Gasteiger partial charge in [0, 0.05) is 22.9 Å². The van der Waals surface area contributed by atoms with E-state index in [-0.39, 0.29) is 0 Å². The molecular formula is C10H15NS2. The Hall–Kier alpha value is -0.280. The fraction of sp³-hybridized carbons (Fsp3) is 0.400. The maximum absolute atomic E-state index is 4.20. The Balaban J connectivity index is 2.66. The Kier molecular flexibility index (Phi) is 5.16. The van der Waals surface area contributed by atoms with Crippen molar-refractivity contribution in [1.82, 2.24) is 0 Å². The molecule has 72 valence electrons. The highest BCUT2D eigenvalue weighted by molar-refractivity contribution is 8.00. The van der Waals surface area contributed by atoms with E-state index < -0.39 is 0 Å². The van der Waals surface area contributed by atoms with Crippen LogP contribution in [0, 0.1) is 0 Å². The summed E-state index contributed by atoms with van der Waals surface area (Å²) in [7, 11) is 0. The number of anilines is 1. The van der Waals surface area contributed by atoms with Crippen LogP contribution in [0.5, 0.6) is 0 Å². The SMILES string of the molecule is CCNc1ccccc1SCCS. The first-order valence-corrected chi connectivity index (χ1v) is 6.07. The van der Waals surface area contributed by atoms with Gasteiger partial charge < -0.3 is 5.32 Å². The average Bonchev–Trinajstić information content (AvgIpc) is 2.17. The molecule has 0 bridgehead atoms. The number of hydrogen-bond acceptors (Lipinski definition) is 3. The van der Waals surface area contributed by atoms with Gasteiger partial charge in [0.25, 0.3) is 0 Å². The lowest BCUT2D eigenvalue weighted by Crippen LogP contribution is -1.97. The molecule has 1 nitrogen and oxygen atoms in total. The molecule has 3 heteroatoms. The molecule has 1 rings (SSSR count). The molecule has 0 saturated heterocycles. The van der Waals surface area contributed by atoms with Gasteiger partial charge in [0.15, 0.2) is 0 Å². The minimum Gasteiger partial charge on any atom is -0.384 e. The number of benzene rings is 1. The molecule has 1 N–H and O–H groups in total. The van der Waals surface area contributed by atoms with Crippen molar-refractivity contribution in [2.75, 3.05) is 23.4 Å². The molecule has 0 amide bonds. The van der Waals surface area contributed by atoms with Crippen LogP contribution in [0.15, 0.2) is 29.2 Å². The summed E-state index contributed by atoms with van der Waals surface area (Å²) in [6.45, 7) is 3.08. The van der Waals surface area contributed by atoms with Gasteiger partial charge in [-0.25, -0.2) is 0 Å². The van der Waals surface area contributed by atoms with Crippen LogP contribution in [0.2, 0.25) is 0 Å². The van der Waals surface area contributed by atoms with Crippen molar-refractivity contribution in [2.24, 2.45) is 0 Å². The van der Waals surface area contributed by atoms with E-state index in [1.807, 2.05) is 11.8 Å². The van der Waals surface area contributed by atoms with E-state index in [1.54, 1.807) is 0 Å². The van der Waals surface area contributed by atoms with Crippen molar-refractivity contribution < 1.29 is 0 Å². The lowest BCUT2D eigenvalue weighted by atomic mass is 10.3. The highest BCUT2D eigenvalue weighted by atomic mass is 32.2. The Morgan fingerprint density at radius 3 is 2.85 bits per heavy atom. The summed E-state index contributed by atoms with van der Waals surface area (Å²) in [5, 5.41) is 3.34. The maximum Gasteiger partial charge on any atom is 0.0478 e. The first-order chi connectivity index (χ1) is 6.38. The molecule has 0 spiro atoms. The Morgan fingerprint density at radius 2 is 2.15 bits per heavy atom. The van der Waals surface area contributed by atoms with Gasteiger partial charge in [0.05, 0.1) is 0 Å². The maximum atomic E-state index is 4.20. The third-order valence-electron chi connectivity index (χ3n) is 1.60. The first-order valence-electron chi connectivity index (χ1n) is 4.45. The monoisotopic (exact) mass is 213 g/mol. The molecule has 13 heavy (non-hydrogen) atoms. The van der Waals surface area contributed by atoms with Gasteiger partial charge in [-0.2, -0.15) is 12.6 Å². The molecule has 0 aromatic heterocycles. The minimum absolute atomic E-state index is 0.922. The van der Waals surface area contributed by atoms with Crippen molar-refractivity contribution in [3.8, 4) is 0 Å². The van der Waals surface area contributed by atoms with Gasteiger partial charge in [-0.05, 0) is 24.8 Å².